The third-order valence-electron chi connectivity index (χ3n) is 7.10. The summed E-state index contributed by atoms with van der Waals surface area (Å²) in [5.41, 5.74) is 4.25. The van der Waals surface area contributed by atoms with E-state index in [-0.39, 0.29) is 40.6 Å². The summed E-state index contributed by atoms with van der Waals surface area (Å²) in [7, 11) is -0.213. The Morgan fingerprint density at radius 2 is 1.12 bits per heavy atom. The van der Waals surface area contributed by atoms with E-state index in [0.29, 0.717) is 0 Å². The van der Waals surface area contributed by atoms with Crippen molar-refractivity contribution in [3.8, 4) is 22.6 Å². The van der Waals surface area contributed by atoms with Crippen LogP contribution in [-0.4, -0.2) is 23.5 Å². The van der Waals surface area contributed by atoms with Crippen molar-refractivity contribution in [1.29, 1.82) is 0 Å². The molecule has 2 aromatic carbocycles. The summed E-state index contributed by atoms with van der Waals surface area (Å²) in [4.78, 5) is 0. The molecule has 0 amide bonds. The largest absolute Gasteiger partial charge is 2.00 e. The first kappa shape index (κ1) is 27.7. The van der Waals surface area contributed by atoms with Gasteiger partial charge < -0.3 is 9.47 Å². The van der Waals surface area contributed by atoms with Gasteiger partial charge in [-0.2, -0.15) is 0 Å². The summed E-state index contributed by atoms with van der Waals surface area (Å²) < 4.78 is 12.7. The Bertz CT molecular complexity index is 839. The number of benzene rings is 2. The molecule has 0 bridgehead atoms. The monoisotopic (exact) mass is 572 g/mol. The quantitative estimate of drug-likeness (QED) is 0.233. The van der Waals surface area contributed by atoms with E-state index in [4.69, 9.17) is 9.47 Å². The van der Waals surface area contributed by atoms with Gasteiger partial charge in [0, 0.05) is 0 Å². The van der Waals surface area contributed by atoms with Crippen LogP contribution < -0.4 is 14.8 Å². The van der Waals surface area contributed by atoms with Gasteiger partial charge in [-0.05, 0) is 87.7 Å². The van der Waals surface area contributed by atoms with Crippen LogP contribution in [0.15, 0.2) is 42.5 Å². The molecule has 2 aromatic rings. The molecule has 4 rings (SSSR count). The van der Waals surface area contributed by atoms with Crippen molar-refractivity contribution >= 4 is 13.2 Å². The molecule has 0 atom stereocenters. The maximum atomic E-state index is 6.37. The van der Waals surface area contributed by atoms with Crippen LogP contribution >= 0.6 is 7.92 Å². The van der Waals surface area contributed by atoms with Crippen molar-refractivity contribution < 1.29 is 29.9 Å². The first-order valence-electron chi connectivity index (χ1n) is 13.4. The zero-order chi connectivity index (χ0) is 23.2. The van der Waals surface area contributed by atoms with E-state index in [9.17, 15) is 0 Å². The minimum Gasteiger partial charge on any atom is -0.490 e. The van der Waals surface area contributed by atoms with E-state index in [1.165, 1.54) is 69.8 Å². The van der Waals surface area contributed by atoms with Crippen LogP contribution in [0.3, 0.4) is 0 Å². The molecule has 0 saturated heterocycles. The molecule has 2 fully saturated rings. The first-order chi connectivity index (χ1) is 16.0. The van der Waals surface area contributed by atoms with Crippen LogP contribution in [0, 0.1) is 0 Å². The van der Waals surface area contributed by atoms with Crippen molar-refractivity contribution in [2.75, 3.05) is 0 Å². The predicted octanol–water partition coefficient (Wildman–Crippen LogP) is 8.70. The summed E-state index contributed by atoms with van der Waals surface area (Å²) in [6.07, 6.45) is 14.4. The molecule has 34 heavy (non-hydrogen) atoms. The molecule has 0 unspecified atom stereocenters. The molecule has 0 radical (unpaired) electrons. The van der Waals surface area contributed by atoms with Crippen molar-refractivity contribution in [2.24, 2.45) is 0 Å². The van der Waals surface area contributed by atoms with Gasteiger partial charge in [0.1, 0.15) is 11.5 Å². The number of rotatable bonds is 8. The number of hydrogen-bond acceptors (Lipinski definition) is 2. The maximum Gasteiger partial charge on any atom is 2.00 e. The molecule has 0 spiro atoms. The van der Waals surface area contributed by atoms with Crippen molar-refractivity contribution in [2.45, 2.75) is 115 Å². The molecule has 0 aliphatic heterocycles. The fourth-order valence-electron chi connectivity index (χ4n) is 5.80. The number of hydrogen-bond donors (Lipinski definition) is 0. The molecule has 2 nitrogen and oxygen atoms in total. The van der Waals surface area contributed by atoms with E-state index in [2.05, 4.69) is 70.2 Å². The minimum atomic E-state index is -0.213. The maximum absolute atomic E-state index is 6.37. The van der Waals surface area contributed by atoms with Gasteiger partial charge in [0.2, 0.25) is 0 Å². The van der Waals surface area contributed by atoms with Crippen LogP contribution in [0.1, 0.15) is 91.9 Å². The SMILES string of the molecule is CC(C)Oc1cccc(OC(C)C)c1-c1ccccc1P(C1CCCCC1)C1CCCCC1.[Pd+2]. The summed E-state index contributed by atoms with van der Waals surface area (Å²) in [6, 6.07) is 15.6. The van der Waals surface area contributed by atoms with E-state index in [1.54, 1.807) is 5.30 Å². The van der Waals surface area contributed by atoms with Crippen molar-refractivity contribution in [3.63, 3.8) is 0 Å². The standard InChI is InChI=1S/C30H43O2P.Pd/c1-22(2)31-27-19-13-20-28(32-23(3)4)30(27)26-18-11-12-21-29(26)33(24-14-7-5-8-15-24)25-16-9-6-10-17-25;/h11-13,18-25H,5-10,14-17H2,1-4H3;/q;+2. The van der Waals surface area contributed by atoms with Crippen LogP contribution in [0.4, 0.5) is 0 Å². The topological polar surface area (TPSA) is 18.5 Å². The second kappa shape index (κ2) is 13.4. The van der Waals surface area contributed by atoms with Gasteiger partial charge >= 0.3 is 20.4 Å². The smallest absolute Gasteiger partial charge is 0.490 e. The second-order valence-electron chi connectivity index (χ2n) is 10.5. The zero-order valence-electron chi connectivity index (χ0n) is 21.5. The molecule has 0 N–H and O–H groups in total. The molecular weight excluding hydrogens is 530 g/mol. The molecule has 4 heteroatoms. The molecule has 2 saturated carbocycles. The van der Waals surface area contributed by atoms with Gasteiger partial charge in [-0.15, -0.1) is 0 Å². The van der Waals surface area contributed by atoms with Crippen molar-refractivity contribution in [1.82, 2.24) is 0 Å². The minimum absolute atomic E-state index is 0. The van der Waals surface area contributed by atoms with Gasteiger partial charge in [-0.1, -0.05) is 76.8 Å². The second-order valence-corrected chi connectivity index (χ2v) is 13.2. The Labute approximate surface area is 223 Å². The Hall–Kier alpha value is -0.868. The van der Waals surface area contributed by atoms with E-state index in [0.717, 1.165) is 28.4 Å². The Morgan fingerprint density at radius 3 is 1.59 bits per heavy atom. The van der Waals surface area contributed by atoms with Crippen LogP contribution in [0.25, 0.3) is 11.1 Å². The van der Waals surface area contributed by atoms with E-state index < -0.39 is 0 Å². The summed E-state index contributed by atoms with van der Waals surface area (Å²) in [6.45, 7) is 8.45. The van der Waals surface area contributed by atoms with E-state index in [1.807, 2.05) is 0 Å². The Morgan fingerprint density at radius 1 is 0.647 bits per heavy atom. The van der Waals surface area contributed by atoms with Crippen LogP contribution in [0.2, 0.25) is 0 Å². The summed E-state index contributed by atoms with van der Waals surface area (Å²) >= 11 is 0. The predicted molar refractivity (Wildman–Crippen MR) is 144 cm³/mol. The van der Waals surface area contributed by atoms with Gasteiger partial charge in [0.25, 0.3) is 0 Å². The van der Waals surface area contributed by atoms with Gasteiger partial charge in [-0.25, -0.2) is 0 Å². The average molecular weight is 573 g/mol. The third-order valence-corrected chi connectivity index (χ3v) is 10.7. The molecule has 2 aliphatic carbocycles. The van der Waals surface area contributed by atoms with Crippen LogP contribution in [-0.2, 0) is 20.4 Å². The normalized spacial score (nSPS) is 17.7. The van der Waals surface area contributed by atoms with E-state index >= 15 is 0 Å². The Kier molecular flexibility index (Phi) is 11.0. The first-order valence-corrected chi connectivity index (χ1v) is 14.9. The van der Waals surface area contributed by atoms with Gasteiger partial charge in [0.05, 0.1) is 17.8 Å². The third kappa shape index (κ3) is 6.87. The molecular formula is C30H43O2PPd+2. The van der Waals surface area contributed by atoms with Gasteiger partial charge in [-0.3, -0.25) is 0 Å². The molecule has 0 aromatic heterocycles. The van der Waals surface area contributed by atoms with Crippen LogP contribution in [0.5, 0.6) is 11.5 Å². The summed E-state index contributed by atoms with van der Waals surface area (Å²) in [5.74, 6) is 1.91. The molecule has 188 valence electrons. The fourth-order valence-corrected chi connectivity index (χ4v) is 9.75. The van der Waals surface area contributed by atoms with Gasteiger partial charge in [0.15, 0.2) is 0 Å². The molecule has 0 heterocycles. The fraction of sp³-hybridized carbons (Fsp3) is 0.600. The number of ether oxygens (including phenoxy) is 2. The summed E-state index contributed by atoms with van der Waals surface area (Å²) in [5, 5.41) is 1.60. The molecule has 2 aliphatic rings. The zero-order valence-corrected chi connectivity index (χ0v) is 24.0. The van der Waals surface area contributed by atoms with Crippen molar-refractivity contribution in [3.05, 3.63) is 42.5 Å². The average Bonchev–Trinajstić information content (AvgIpc) is 2.81. The Balaban J connectivity index is 0.00000324.